The van der Waals surface area contributed by atoms with Crippen molar-refractivity contribution in [3.63, 3.8) is 0 Å². The third-order valence-electron chi connectivity index (χ3n) is 5.80. The molecule has 4 rings (SSSR count). The first-order chi connectivity index (χ1) is 15.5. The number of carbonyl (C=O) groups is 2. The van der Waals surface area contributed by atoms with Gasteiger partial charge in [-0.05, 0) is 46.1 Å². The van der Waals surface area contributed by atoms with Gasteiger partial charge in [0.2, 0.25) is 0 Å². The van der Waals surface area contributed by atoms with Gasteiger partial charge in [0.05, 0.1) is 12.2 Å². The van der Waals surface area contributed by atoms with Crippen LogP contribution in [0.1, 0.15) is 72.8 Å². The van der Waals surface area contributed by atoms with E-state index in [1.54, 1.807) is 16.8 Å². The first kappa shape index (κ1) is 27.0. The molecule has 2 unspecified atom stereocenters. The number of cyclic esters (lactones) is 1. The number of benzene rings is 1. The lowest BCUT2D eigenvalue weighted by atomic mass is 9.81. The molecule has 7 heteroatoms. The maximum atomic E-state index is 12.0. The zero-order chi connectivity index (χ0) is 24.7. The lowest BCUT2D eigenvalue weighted by Gasteiger charge is -2.41. The minimum absolute atomic E-state index is 0.147. The molecule has 3 heterocycles. The Labute approximate surface area is 199 Å². The summed E-state index contributed by atoms with van der Waals surface area (Å²) in [5.74, 6) is 0. The number of hydrogen-bond acceptors (Lipinski definition) is 5. The van der Waals surface area contributed by atoms with Crippen LogP contribution in [0.25, 0.3) is 0 Å². The molecule has 3 fully saturated rings. The molecule has 0 bridgehead atoms. The van der Waals surface area contributed by atoms with Crippen molar-refractivity contribution >= 4 is 12.2 Å². The third kappa shape index (κ3) is 7.91. The van der Waals surface area contributed by atoms with Crippen molar-refractivity contribution in [2.45, 2.75) is 84.0 Å². The number of nitrogens with zero attached hydrogens (tertiary/aromatic N) is 2. The molecule has 0 N–H and O–H groups in total. The first-order valence-electron chi connectivity index (χ1n) is 12.1. The Morgan fingerprint density at radius 1 is 1.09 bits per heavy atom. The van der Waals surface area contributed by atoms with E-state index in [0.29, 0.717) is 6.54 Å². The molecule has 0 saturated carbocycles. The molecule has 2 amide bonds. The average molecular weight is 463 g/mol. The van der Waals surface area contributed by atoms with Gasteiger partial charge in [-0.2, -0.15) is 0 Å². The van der Waals surface area contributed by atoms with Crippen LogP contribution in [0, 0.1) is 0 Å². The number of amides is 2. The monoisotopic (exact) mass is 462 g/mol. The standard InChI is InChI=1S/C15H19NO3.C9H17NO2.C2H6/c1-14(11-18-14)10-15(12-6-4-3-5-7-12)8-9-16(2)13(17)19-15;1-9(2,3)12-8(11)10-6-4-5-7-10;1-2/h3-7H,8-11H2,1-2H3;4-7H2,1-3H3;1-2H3. The Hall–Kier alpha value is -2.28. The average Bonchev–Trinajstić information content (AvgIpc) is 3.25. The number of hydrogen-bond donors (Lipinski definition) is 0. The summed E-state index contributed by atoms with van der Waals surface area (Å²) >= 11 is 0. The summed E-state index contributed by atoms with van der Waals surface area (Å²) in [5.41, 5.74) is 0.00936. The predicted molar refractivity (Wildman–Crippen MR) is 129 cm³/mol. The van der Waals surface area contributed by atoms with Crippen LogP contribution in [-0.4, -0.2) is 66.5 Å². The maximum absolute atomic E-state index is 12.0. The smallest absolute Gasteiger partial charge is 0.410 e. The second-order valence-electron chi connectivity index (χ2n) is 9.99. The van der Waals surface area contributed by atoms with E-state index >= 15 is 0 Å². The van der Waals surface area contributed by atoms with Crippen LogP contribution in [0.3, 0.4) is 0 Å². The van der Waals surface area contributed by atoms with Crippen molar-refractivity contribution in [2.75, 3.05) is 33.3 Å². The van der Waals surface area contributed by atoms with E-state index in [0.717, 1.165) is 50.9 Å². The molecule has 3 aliphatic rings. The second kappa shape index (κ2) is 11.2. The van der Waals surface area contributed by atoms with Gasteiger partial charge < -0.3 is 24.0 Å². The summed E-state index contributed by atoms with van der Waals surface area (Å²) in [7, 11) is 1.77. The third-order valence-corrected chi connectivity index (χ3v) is 5.80. The summed E-state index contributed by atoms with van der Waals surface area (Å²) in [4.78, 5) is 26.7. The van der Waals surface area contributed by atoms with Crippen LogP contribution in [0.4, 0.5) is 9.59 Å². The molecule has 3 saturated heterocycles. The van der Waals surface area contributed by atoms with E-state index in [2.05, 4.69) is 6.92 Å². The Kier molecular flexibility index (Phi) is 9.18. The number of epoxide rings is 1. The molecule has 0 spiro atoms. The fourth-order valence-corrected chi connectivity index (χ4v) is 3.96. The molecular weight excluding hydrogens is 420 g/mol. The zero-order valence-electron chi connectivity index (χ0n) is 21.5. The minimum Gasteiger partial charge on any atom is -0.444 e. The van der Waals surface area contributed by atoms with Crippen LogP contribution in [0.5, 0.6) is 0 Å². The largest absolute Gasteiger partial charge is 0.444 e. The van der Waals surface area contributed by atoms with Crippen LogP contribution in [0.2, 0.25) is 0 Å². The Balaban J connectivity index is 0.000000238. The summed E-state index contributed by atoms with van der Waals surface area (Å²) in [5, 5.41) is 0. The van der Waals surface area contributed by atoms with E-state index in [-0.39, 0.29) is 23.4 Å². The second-order valence-corrected chi connectivity index (χ2v) is 9.99. The highest BCUT2D eigenvalue weighted by Gasteiger charge is 2.51. The molecule has 1 aromatic carbocycles. The van der Waals surface area contributed by atoms with Crippen LogP contribution < -0.4 is 0 Å². The van der Waals surface area contributed by atoms with E-state index in [1.165, 1.54) is 0 Å². The molecule has 7 nitrogen and oxygen atoms in total. The van der Waals surface area contributed by atoms with Crippen LogP contribution in [-0.2, 0) is 19.8 Å². The Morgan fingerprint density at radius 3 is 2.15 bits per heavy atom. The van der Waals surface area contributed by atoms with Crippen LogP contribution >= 0.6 is 0 Å². The van der Waals surface area contributed by atoms with Crippen molar-refractivity contribution in [2.24, 2.45) is 0 Å². The summed E-state index contributed by atoms with van der Waals surface area (Å²) in [6, 6.07) is 10.0. The molecule has 186 valence electrons. The quantitative estimate of drug-likeness (QED) is 0.549. The Bertz CT molecular complexity index is 767. The number of ether oxygens (including phenoxy) is 3. The number of carbonyl (C=O) groups excluding carboxylic acids is 2. The first-order valence-corrected chi connectivity index (χ1v) is 12.1. The Morgan fingerprint density at radius 2 is 1.67 bits per heavy atom. The summed E-state index contributed by atoms with van der Waals surface area (Å²) in [6.07, 6.45) is 3.33. The van der Waals surface area contributed by atoms with Crippen molar-refractivity contribution in [1.82, 2.24) is 9.80 Å². The molecule has 0 radical (unpaired) electrons. The van der Waals surface area contributed by atoms with E-state index in [9.17, 15) is 9.59 Å². The predicted octanol–water partition coefficient (Wildman–Crippen LogP) is 5.58. The normalized spacial score (nSPS) is 26.3. The van der Waals surface area contributed by atoms with Crippen LogP contribution in [0.15, 0.2) is 30.3 Å². The van der Waals surface area contributed by atoms with Crippen molar-refractivity contribution in [1.29, 1.82) is 0 Å². The van der Waals surface area contributed by atoms with Crippen molar-refractivity contribution < 1.29 is 23.8 Å². The van der Waals surface area contributed by atoms with E-state index in [1.807, 2.05) is 65.0 Å². The topological polar surface area (TPSA) is 71.6 Å². The molecule has 3 aliphatic heterocycles. The minimum atomic E-state index is -0.546. The van der Waals surface area contributed by atoms with Gasteiger partial charge in [-0.25, -0.2) is 9.59 Å². The highest BCUT2D eigenvalue weighted by atomic mass is 16.6. The summed E-state index contributed by atoms with van der Waals surface area (Å²) < 4.78 is 16.5. The SMILES string of the molecule is CC.CC(C)(C)OC(=O)N1CCCC1.CN1CCC(CC2(C)CO2)(c2ccccc2)OC1=O. The van der Waals surface area contributed by atoms with Gasteiger partial charge in [0.1, 0.15) is 11.2 Å². The highest BCUT2D eigenvalue weighted by Crippen LogP contribution is 2.45. The van der Waals surface area contributed by atoms with E-state index < -0.39 is 5.60 Å². The van der Waals surface area contributed by atoms with Crippen molar-refractivity contribution in [3.05, 3.63) is 35.9 Å². The van der Waals surface area contributed by atoms with Gasteiger partial charge in [-0.3, -0.25) is 0 Å². The maximum Gasteiger partial charge on any atom is 0.410 e. The van der Waals surface area contributed by atoms with Gasteiger partial charge in [0.25, 0.3) is 0 Å². The van der Waals surface area contributed by atoms with Crippen molar-refractivity contribution in [3.8, 4) is 0 Å². The van der Waals surface area contributed by atoms with Gasteiger partial charge >= 0.3 is 12.2 Å². The molecule has 0 aliphatic carbocycles. The molecular formula is C26H42N2O5. The molecule has 2 atom stereocenters. The lowest BCUT2D eigenvalue weighted by Crippen LogP contribution is -2.48. The fourth-order valence-electron chi connectivity index (χ4n) is 3.96. The van der Waals surface area contributed by atoms with Gasteiger partial charge in [0, 0.05) is 39.5 Å². The van der Waals surface area contributed by atoms with E-state index in [4.69, 9.17) is 14.2 Å². The van der Waals surface area contributed by atoms with Gasteiger partial charge in [-0.1, -0.05) is 44.2 Å². The molecule has 33 heavy (non-hydrogen) atoms. The van der Waals surface area contributed by atoms with Gasteiger partial charge in [0.15, 0.2) is 0 Å². The summed E-state index contributed by atoms with van der Waals surface area (Å²) in [6.45, 7) is 14.9. The molecule has 1 aromatic rings. The highest BCUT2D eigenvalue weighted by molar-refractivity contribution is 5.69. The zero-order valence-corrected chi connectivity index (χ0v) is 21.5. The number of rotatable bonds is 3. The fraction of sp³-hybridized carbons (Fsp3) is 0.692. The van der Waals surface area contributed by atoms with Gasteiger partial charge in [-0.15, -0.1) is 0 Å². The molecule has 0 aromatic heterocycles. The lowest BCUT2D eigenvalue weighted by molar-refractivity contribution is -0.0637. The number of likely N-dealkylation sites (tertiary alicyclic amines) is 1.